The van der Waals surface area contributed by atoms with Crippen LogP contribution < -0.4 is 4.72 Å². The third-order valence-corrected chi connectivity index (χ3v) is 7.96. The number of nitrogens with zero attached hydrogens (tertiary/aromatic N) is 1. The van der Waals surface area contributed by atoms with Crippen molar-refractivity contribution in [3.63, 3.8) is 0 Å². The molecule has 224 valence electrons. The molecule has 8 nitrogen and oxygen atoms in total. The summed E-state index contributed by atoms with van der Waals surface area (Å²) in [6.07, 6.45) is 3.86. The highest BCUT2D eigenvalue weighted by Crippen LogP contribution is 2.42. The fraction of sp³-hybridized carbons (Fsp3) is 0.375. The Labute approximate surface area is 246 Å². The number of sulfonamides is 1. The van der Waals surface area contributed by atoms with Crippen LogP contribution in [0.1, 0.15) is 67.0 Å². The van der Waals surface area contributed by atoms with Crippen molar-refractivity contribution in [3.05, 3.63) is 82.3 Å². The molecule has 2 aromatic carbocycles. The summed E-state index contributed by atoms with van der Waals surface area (Å²) in [5.74, 6) is -1.55. The standard InChI is InChI=1S/C32H37FN2O6S/c1-19(2)31-27(14-13-24(36)16-25(37)17-29(38)39)30(22-9-11-23(33)12-10-22)26-6-4-5-21-8-7-20(18-34-42(3,40)41)15-28(21)32(26)35-31/h7-15,19,24-25,34,36-37H,4-6,16-18H2,1-3H3,(H,38,39)/t24-,25-/m1/s1. The maximum absolute atomic E-state index is 14.0. The van der Waals surface area contributed by atoms with Gasteiger partial charge < -0.3 is 15.3 Å². The summed E-state index contributed by atoms with van der Waals surface area (Å²) in [5, 5.41) is 29.6. The summed E-state index contributed by atoms with van der Waals surface area (Å²) in [6, 6.07) is 12.2. The average Bonchev–Trinajstić information content (AvgIpc) is 3.08. The minimum absolute atomic E-state index is 0.0364. The van der Waals surface area contributed by atoms with E-state index in [1.807, 2.05) is 32.0 Å². The molecule has 0 saturated carbocycles. The second-order valence-corrected chi connectivity index (χ2v) is 13.0. The molecule has 4 N–H and O–H groups in total. The predicted molar refractivity (Wildman–Crippen MR) is 161 cm³/mol. The number of hydrogen-bond donors (Lipinski definition) is 4. The van der Waals surface area contributed by atoms with Gasteiger partial charge in [0, 0.05) is 24.1 Å². The Morgan fingerprint density at radius 2 is 1.83 bits per heavy atom. The number of halogens is 1. The summed E-state index contributed by atoms with van der Waals surface area (Å²) in [5.41, 5.74) is 7.77. The zero-order chi connectivity index (χ0) is 30.6. The van der Waals surface area contributed by atoms with Gasteiger partial charge in [0.25, 0.3) is 0 Å². The quantitative estimate of drug-likeness (QED) is 0.249. The van der Waals surface area contributed by atoms with Gasteiger partial charge in [0.05, 0.1) is 36.3 Å². The first-order chi connectivity index (χ1) is 19.8. The number of aliphatic carboxylic acids is 1. The van der Waals surface area contributed by atoms with E-state index in [1.165, 1.54) is 18.2 Å². The molecule has 0 fully saturated rings. The van der Waals surface area contributed by atoms with Gasteiger partial charge in [-0.25, -0.2) is 17.5 Å². The maximum Gasteiger partial charge on any atom is 0.305 e. The number of carbonyl (C=O) groups is 1. The van der Waals surface area contributed by atoms with Crippen molar-refractivity contribution >= 4 is 22.1 Å². The van der Waals surface area contributed by atoms with Crippen molar-refractivity contribution in [3.8, 4) is 22.4 Å². The number of aliphatic hydroxyl groups excluding tert-OH is 2. The van der Waals surface area contributed by atoms with Crippen LogP contribution in [0.4, 0.5) is 4.39 Å². The summed E-state index contributed by atoms with van der Waals surface area (Å²) < 4.78 is 40.0. The topological polar surface area (TPSA) is 137 Å². The lowest BCUT2D eigenvalue weighted by Crippen LogP contribution is -2.21. The largest absolute Gasteiger partial charge is 0.481 e. The normalized spacial score (nSPS) is 14.8. The second-order valence-electron chi connectivity index (χ2n) is 11.1. The zero-order valence-electron chi connectivity index (χ0n) is 24.0. The van der Waals surface area contributed by atoms with Gasteiger partial charge in [0.15, 0.2) is 0 Å². The Morgan fingerprint density at radius 1 is 1.12 bits per heavy atom. The van der Waals surface area contributed by atoms with Crippen molar-refractivity contribution in [2.75, 3.05) is 6.26 Å². The first-order valence-electron chi connectivity index (χ1n) is 14.0. The summed E-state index contributed by atoms with van der Waals surface area (Å²) in [6.45, 7) is 4.17. The minimum Gasteiger partial charge on any atom is -0.481 e. The lowest BCUT2D eigenvalue weighted by molar-refractivity contribution is -0.139. The zero-order valence-corrected chi connectivity index (χ0v) is 24.8. The SMILES string of the molecule is CC(C)c1nc2c(c(-c3ccc(F)cc3)c1C=C[C@@H](O)C[C@@H](O)CC(=O)O)CCCc1ccc(CNS(C)(=O)=O)cc1-2. The number of rotatable bonds is 11. The molecule has 0 aliphatic heterocycles. The molecule has 0 spiro atoms. The highest BCUT2D eigenvalue weighted by atomic mass is 32.2. The molecule has 0 unspecified atom stereocenters. The third kappa shape index (κ3) is 7.89. The molecule has 1 heterocycles. The Kier molecular flexibility index (Phi) is 9.93. The molecular weight excluding hydrogens is 559 g/mol. The van der Waals surface area contributed by atoms with Crippen LogP contribution in [0.2, 0.25) is 0 Å². The maximum atomic E-state index is 14.0. The fourth-order valence-electron chi connectivity index (χ4n) is 5.37. The number of aromatic nitrogens is 1. The number of aryl methyl sites for hydroxylation is 1. The van der Waals surface area contributed by atoms with Crippen molar-refractivity contribution in [1.82, 2.24) is 9.71 Å². The molecule has 1 aliphatic rings. The van der Waals surface area contributed by atoms with Crippen LogP contribution in [-0.4, -0.2) is 53.2 Å². The highest BCUT2D eigenvalue weighted by Gasteiger charge is 2.26. The number of fused-ring (bicyclic) bond motifs is 3. The molecule has 10 heteroatoms. The Balaban J connectivity index is 1.90. The van der Waals surface area contributed by atoms with Gasteiger partial charge in [0.2, 0.25) is 10.0 Å². The lowest BCUT2D eigenvalue weighted by Gasteiger charge is -2.22. The first kappa shape index (κ1) is 31.5. The van der Waals surface area contributed by atoms with E-state index >= 15 is 0 Å². The second kappa shape index (κ2) is 13.2. The number of nitrogens with one attached hydrogen (secondary N) is 1. The molecule has 1 aromatic heterocycles. The molecule has 42 heavy (non-hydrogen) atoms. The number of pyridine rings is 1. The van der Waals surface area contributed by atoms with Gasteiger partial charge >= 0.3 is 5.97 Å². The van der Waals surface area contributed by atoms with Crippen molar-refractivity contribution < 1.29 is 32.9 Å². The summed E-state index contributed by atoms with van der Waals surface area (Å²) in [7, 11) is -3.38. The van der Waals surface area contributed by atoms with Crippen LogP contribution in [0, 0.1) is 5.82 Å². The minimum atomic E-state index is -3.38. The van der Waals surface area contributed by atoms with E-state index in [2.05, 4.69) is 4.72 Å². The number of hydrogen-bond acceptors (Lipinski definition) is 6. The Morgan fingerprint density at radius 3 is 2.48 bits per heavy atom. The van der Waals surface area contributed by atoms with E-state index in [-0.39, 0.29) is 24.7 Å². The van der Waals surface area contributed by atoms with Gasteiger partial charge in [-0.3, -0.25) is 9.78 Å². The molecule has 1 aliphatic carbocycles. The van der Waals surface area contributed by atoms with E-state index in [9.17, 15) is 27.8 Å². The summed E-state index contributed by atoms with van der Waals surface area (Å²) in [4.78, 5) is 16.1. The van der Waals surface area contributed by atoms with Gasteiger partial charge in [0.1, 0.15) is 5.82 Å². The van der Waals surface area contributed by atoms with E-state index in [4.69, 9.17) is 10.1 Å². The third-order valence-electron chi connectivity index (χ3n) is 7.29. The van der Waals surface area contributed by atoms with Gasteiger partial charge in [-0.2, -0.15) is 0 Å². The smallest absolute Gasteiger partial charge is 0.305 e. The van der Waals surface area contributed by atoms with E-state index < -0.39 is 34.6 Å². The Bertz CT molecular complexity index is 1590. The molecular formula is C32H37FN2O6S. The van der Waals surface area contributed by atoms with Crippen LogP contribution in [0.25, 0.3) is 28.5 Å². The van der Waals surface area contributed by atoms with Crippen LogP contribution in [0.3, 0.4) is 0 Å². The number of aliphatic hydroxyl groups is 2. The van der Waals surface area contributed by atoms with Crippen LogP contribution >= 0.6 is 0 Å². The molecule has 0 bridgehead atoms. The number of carboxylic acids is 1. The van der Waals surface area contributed by atoms with Crippen LogP contribution in [0.5, 0.6) is 0 Å². The fourth-order valence-corrected chi connectivity index (χ4v) is 5.80. The molecule has 4 rings (SSSR count). The Hall–Kier alpha value is -3.44. The van der Waals surface area contributed by atoms with Crippen LogP contribution in [0.15, 0.2) is 48.5 Å². The number of carboxylic acid groups (broad SMARTS) is 1. The monoisotopic (exact) mass is 596 g/mol. The van der Waals surface area contributed by atoms with Crippen LogP contribution in [-0.2, 0) is 34.2 Å². The highest BCUT2D eigenvalue weighted by molar-refractivity contribution is 7.88. The van der Waals surface area contributed by atoms with Crippen molar-refractivity contribution in [2.45, 2.75) is 70.6 Å². The lowest BCUT2D eigenvalue weighted by atomic mass is 9.86. The predicted octanol–water partition coefficient (Wildman–Crippen LogP) is 4.82. The average molecular weight is 597 g/mol. The van der Waals surface area contributed by atoms with E-state index in [0.717, 1.165) is 69.4 Å². The van der Waals surface area contributed by atoms with Gasteiger partial charge in [-0.05, 0) is 71.2 Å². The molecule has 0 saturated heterocycles. The molecule has 2 atom stereocenters. The first-order valence-corrected chi connectivity index (χ1v) is 15.9. The van der Waals surface area contributed by atoms with E-state index in [0.29, 0.717) is 6.42 Å². The van der Waals surface area contributed by atoms with Crippen molar-refractivity contribution in [2.24, 2.45) is 0 Å². The van der Waals surface area contributed by atoms with Gasteiger partial charge in [-0.1, -0.05) is 50.3 Å². The van der Waals surface area contributed by atoms with E-state index in [1.54, 1.807) is 18.2 Å². The molecule has 0 radical (unpaired) electrons. The number of benzene rings is 2. The van der Waals surface area contributed by atoms with Crippen molar-refractivity contribution in [1.29, 1.82) is 0 Å². The summed E-state index contributed by atoms with van der Waals surface area (Å²) >= 11 is 0. The molecule has 0 amide bonds. The van der Waals surface area contributed by atoms with Gasteiger partial charge in [-0.15, -0.1) is 0 Å². The molecule has 3 aromatic rings.